The number of carbonyl (C=O) groups excluding carboxylic acids is 1. The third kappa shape index (κ3) is 4.17. The molecule has 4 aliphatic carbocycles. The second-order valence-electron chi connectivity index (χ2n) is 12.0. The number of carboxylic acid groups (broad SMARTS) is 1. The standard InChI is InChI=1S/C27H45NO3/c1-4-18-16-20-22-12-11-19(8-7-10-24(29)28-17-25(30)31)26(22,2)15-13-23(20)27(3)14-6-5-9-21(18)27/h18-23H,4-17H2,1-3H3,(H,28,29)(H,30,31)/t18-,19?,20?,21?,22?,23-,26?,27?/m0/s1. The SMILES string of the molecule is CC[C@H]1CC2C3CCC(CCCC(=O)NCC(=O)O)C3(C)CC[C@@H]2C2(C)CCCCC12. The molecule has 0 radical (unpaired) electrons. The number of fused-ring (bicyclic) bond motifs is 5. The van der Waals surface area contributed by atoms with Crippen molar-refractivity contribution >= 4 is 11.9 Å². The van der Waals surface area contributed by atoms with E-state index in [9.17, 15) is 9.59 Å². The van der Waals surface area contributed by atoms with Gasteiger partial charge in [-0.2, -0.15) is 0 Å². The summed E-state index contributed by atoms with van der Waals surface area (Å²) < 4.78 is 0. The molecule has 0 aliphatic heterocycles. The van der Waals surface area contributed by atoms with E-state index in [0.717, 1.165) is 48.3 Å². The number of hydrogen-bond acceptors (Lipinski definition) is 2. The van der Waals surface area contributed by atoms with Gasteiger partial charge in [0.25, 0.3) is 0 Å². The lowest BCUT2D eigenvalue weighted by Crippen LogP contribution is -2.55. The van der Waals surface area contributed by atoms with Crippen LogP contribution in [0.2, 0.25) is 0 Å². The van der Waals surface area contributed by atoms with Crippen LogP contribution in [0.3, 0.4) is 0 Å². The molecule has 4 aliphatic rings. The molecule has 0 spiro atoms. The van der Waals surface area contributed by atoms with Crippen molar-refractivity contribution in [2.75, 3.05) is 6.54 Å². The molecule has 6 unspecified atom stereocenters. The summed E-state index contributed by atoms with van der Waals surface area (Å²) in [5.41, 5.74) is 1.04. The van der Waals surface area contributed by atoms with E-state index >= 15 is 0 Å². The summed E-state index contributed by atoms with van der Waals surface area (Å²) >= 11 is 0. The molecule has 0 aromatic heterocycles. The maximum Gasteiger partial charge on any atom is 0.322 e. The first-order valence-electron chi connectivity index (χ1n) is 13.3. The highest BCUT2D eigenvalue weighted by Crippen LogP contribution is 2.69. The van der Waals surface area contributed by atoms with Crippen LogP contribution in [-0.2, 0) is 9.59 Å². The Labute approximate surface area is 189 Å². The fraction of sp³-hybridized carbons (Fsp3) is 0.926. The summed E-state index contributed by atoms with van der Waals surface area (Å²) in [4.78, 5) is 22.6. The van der Waals surface area contributed by atoms with Crippen LogP contribution in [0.25, 0.3) is 0 Å². The Morgan fingerprint density at radius 2 is 1.74 bits per heavy atom. The van der Waals surface area contributed by atoms with E-state index in [1.165, 1.54) is 64.2 Å². The van der Waals surface area contributed by atoms with E-state index in [2.05, 4.69) is 26.1 Å². The van der Waals surface area contributed by atoms with E-state index in [1.54, 1.807) is 0 Å². The molecule has 4 nitrogen and oxygen atoms in total. The molecule has 0 aromatic carbocycles. The van der Waals surface area contributed by atoms with Gasteiger partial charge in [0.2, 0.25) is 5.91 Å². The molecule has 0 saturated heterocycles. The molecular formula is C27H45NO3. The van der Waals surface area contributed by atoms with Crippen molar-refractivity contribution < 1.29 is 14.7 Å². The molecule has 0 heterocycles. The number of nitrogens with one attached hydrogen (secondary N) is 1. The number of carboxylic acids is 1. The minimum atomic E-state index is -0.969. The number of rotatable bonds is 7. The van der Waals surface area contributed by atoms with Crippen LogP contribution >= 0.6 is 0 Å². The van der Waals surface area contributed by atoms with Gasteiger partial charge in [-0.05, 0) is 104 Å². The highest BCUT2D eigenvalue weighted by molar-refractivity contribution is 5.80. The molecule has 0 aromatic rings. The Balaban J connectivity index is 1.40. The summed E-state index contributed by atoms with van der Waals surface area (Å²) in [7, 11) is 0. The lowest BCUT2D eigenvalue weighted by Gasteiger charge is -2.62. The van der Waals surface area contributed by atoms with E-state index < -0.39 is 5.97 Å². The van der Waals surface area contributed by atoms with E-state index in [4.69, 9.17) is 5.11 Å². The second kappa shape index (κ2) is 9.06. The Morgan fingerprint density at radius 3 is 2.48 bits per heavy atom. The zero-order chi connectivity index (χ0) is 22.2. The van der Waals surface area contributed by atoms with Gasteiger partial charge >= 0.3 is 5.97 Å². The Hall–Kier alpha value is -1.06. The van der Waals surface area contributed by atoms with Gasteiger partial charge in [0.15, 0.2) is 0 Å². The quantitative estimate of drug-likeness (QED) is 0.516. The van der Waals surface area contributed by atoms with Crippen LogP contribution in [0, 0.1) is 46.3 Å². The lowest BCUT2D eigenvalue weighted by atomic mass is 9.42. The molecule has 176 valence electrons. The third-order valence-electron chi connectivity index (χ3n) is 10.9. The van der Waals surface area contributed by atoms with E-state index in [1.807, 2.05) is 0 Å². The molecule has 2 N–H and O–H groups in total. The molecule has 31 heavy (non-hydrogen) atoms. The largest absolute Gasteiger partial charge is 0.480 e. The molecule has 4 saturated carbocycles. The Morgan fingerprint density at radius 1 is 0.968 bits per heavy atom. The number of amides is 1. The van der Waals surface area contributed by atoms with Crippen LogP contribution in [-0.4, -0.2) is 23.5 Å². The van der Waals surface area contributed by atoms with Crippen LogP contribution < -0.4 is 5.32 Å². The second-order valence-corrected chi connectivity index (χ2v) is 12.0. The molecule has 1 amide bonds. The van der Waals surface area contributed by atoms with Crippen molar-refractivity contribution in [3.05, 3.63) is 0 Å². The lowest BCUT2D eigenvalue weighted by molar-refractivity contribution is -0.138. The topological polar surface area (TPSA) is 66.4 Å². The first kappa shape index (κ1) is 23.1. The van der Waals surface area contributed by atoms with Crippen molar-refractivity contribution in [1.82, 2.24) is 5.32 Å². The van der Waals surface area contributed by atoms with Crippen molar-refractivity contribution in [2.45, 2.75) is 104 Å². The summed E-state index contributed by atoms with van der Waals surface area (Å²) in [5.74, 6) is 4.31. The van der Waals surface area contributed by atoms with Gasteiger partial charge in [-0.25, -0.2) is 0 Å². The first-order valence-corrected chi connectivity index (χ1v) is 13.3. The van der Waals surface area contributed by atoms with Gasteiger partial charge in [-0.3, -0.25) is 9.59 Å². The average Bonchev–Trinajstić information content (AvgIpc) is 3.08. The third-order valence-corrected chi connectivity index (χ3v) is 10.9. The summed E-state index contributed by atoms with van der Waals surface area (Å²) in [6.07, 6.45) is 16.7. The maximum absolute atomic E-state index is 11.9. The first-order chi connectivity index (χ1) is 14.8. The Bertz CT molecular complexity index is 677. The predicted octanol–water partition coefficient (Wildman–Crippen LogP) is 6.04. The zero-order valence-electron chi connectivity index (χ0n) is 20.1. The van der Waals surface area contributed by atoms with Crippen molar-refractivity contribution in [3.8, 4) is 0 Å². The normalized spacial score (nSPS) is 44.1. The fourth-order valence-corrected chi connectivity index (χ4v) is 9.37. The Kier molecular flexibility index (Phi) is 6.75. The van der Waals surface area contributed by atoms with E-state index in [0.29, 0.717) is 17.3 Å². The zero-order valence-corrected chi connectivity index (χ0v) is 20.1. The summed E-state index contributed by atoms with van der Waals surface area (Å²) in [6.45, 7) is 7.45. The van der Waals surface area contributed by atoms with Crippen molar-refractivity contribution in [3.63, 3.8) is 0 Å². The van der Waals surface area contributed by atoms with E-state index in [-0.39, 0.29) is 12.5 Å². The van der Waals surface area contributed by atoms with Crippen molar-refractivity contribution in [2.24, 2.45) is 46.3 Å². The molecule has 4 rings (SSSR count). The molecule has 0 bridgehead atoms. The fourth-order valence-electron chi connectivity index (χ4n) is 9.37. The molecule has 4 heteroatoms. The number of aliphatic carboxylic acids is 1. The van der Waals surface area contributed by atoms with Gasteiger partial charge < -0.3 is 10.4 Å². The predicted molar refractivity (Wildman–Crippen MR) is 123 cm³/mol. The van der Waals surface area contributed by atoms with Crippen LogP contribution in [0.15, 0.2) is 0 Å². The van der Waals surface area contributed by atoms with Crippen LogP contribution in [0.4, 0.5) is 0 Å². The average molecular weight is 432 g/mol. The number of hydrogen-bond donors (Lipinski definition) is 2. The van der Waals surface area contributed by atoms with Gasteiger partial charge in [0, 0.05) is 6.42 Å². The molecule has 4 fully saturated rings. The van der Waals surface area contributed by atoms with Gasteiger partial charge in [-0.1, -0.05) is 40.0 Å². The van der Waals surface area contributed by atoms with Gasteiger partial charge in [-0.15, -0.1) is 0 Å². The van der Waals surface area contributed by atoms with Crippen molar-refractivity contribution in [1.29, 1.82) is 0 Å². The minimum Gasteiger partial charge on any atom is -0.480 e. The van der Waals surface area contributed by atoms with Gasteiger partial charge in [0.05, 0.1) is 0 Å². The maximum atomic E-state index is 11.9. The minimum absolute atomic E-state index is 0.111. The summed E-state index contributed by atoms with van der Waals surface area (Å²) in [6, 6.07) is 0. The monoisotopic (exact) mass is 431 g/mol. The summed E-state index contributed by atoms with van der Waals surface area (Å²) in [5, 5.41) is 11.2. The molecule has 8 atom stereocenters. The van der Waals surface area contributed by atoms with Crippen LogP contribution in [0.5, 0.6) is 0 Å². The van der Waals surface area contributed by atoms with Gasteiger partial charge in [0.1, 0.15) is 6.54 Å². The smallest absolute Gasteiger partial charge is 0.322 e. The molecular weight excluding hydrogens is 386 g/mol. The number of carbonyl (C=O) groups is 2. The highest BCUT2D eigenvalue weighted by Gasteiger charge is 2.60. The highest BCUT2D eigenvalue weighted by atomic mass is 16.4. The van der Waals surface area contributed by atoms with Crippen LogP contribution in [0.1, 0.15) is 104 Å².